The highest BCUT2D eigenvalue weighted by Gasteiger charge is 2.14. The fourth-order valence-electron chi connectivity index (χ4n) is 1.64. The Morgan fingerprint density at radius 1 is 1.58 bits per heavy atom. The van der Waals surface area contributed by atoms with E-state index in [2.05, 4.69) is 26.2 Å². The van der Waals surface area contributed by atoms with Crippen LogP contribution in [0.1, 0.15) is 34.0 Å². The highest BCUT2D eigenvalue weighted by molar-refractivity contribution is 9.10. The van der Waals surface area contributed by atoms with Crippen LogP contribution >= 0.6 is 27.3 Å². The Kier molecular flexibility index (Phi) is 4.68. The fourth-order valence-corrected chi connectivity index (χ4v) is 2.71. The molecule has 100 valence electrons. The molecule has 0 unspecified atom stereocenters. The SMILES string of the molecule is C[C@H](NC(=O)c1csc(CN)n1)c1cccc(Br)c1. The Morgan fingerprint density at radius 2 is 2.37 bits per heavy atom. The molecule has 1 amide bonds. The second kappa shape index (κ2) is 6.27. The van der Waals surface area contributed by atoms with Crippen molar-refractivity contribution in [1.29, 1.82) is 0 Å². The molecule has 0 aliphatic carbocycles. The average molecular weight is 340 g/mol. The molecule has 4 nitrogen and oxygen atoms in total. The fraction of sp³-hybridized carbons (Fsp3) is 0.231. The summed E-state index contributed by atoms with van der Waals surface area (Å²) in [5.74, 6) is -0.177. The van der Waals surface area contributed by atoms with Gasteiger partial charge in [0.15, 0.2) is 0 Å². The molecule has 1 aromatic carbocycles. The molecule has 0 radical (unpaired) electrons. The number of nitrogens with two attached hydrogens (primary N) is 1. The number of carbonyl (C=O) groups is 1. The second-order valence-corrected chi connectivity index (χ2v) is 5.94. The first-order valence-electron chi connectivity index (χ1n) is 5.81. The van der Waals surface area contributed by atoms with Crippen LogP contribution in [0.25, 0.3) is 0 Å². The van der Waals surface area contributed by atoms with E-state index in [-0.39, 0.29) is 11.9 Å². The van der Waals surface area contributed by atoms with Gasteiger partial charge in [-0.05, 0) is 24.6 Å². The lowest BCUT2D eigenvalue weighted by Crippen LogP contribution is -2.27. The number of thiazole rings is 1. The molecule has 0 bridgehead atoms. The van der Waals surface area contributed by atoms with Gasteiger partial charge in [-0.2, -0.15) is 0 Å². The summed E-state index contributed by atoms with van der Waals surface area (Å²) in [6.45, 7) is 2.30. The summed E-state index contributed by atoms with van der Waals surface area (Å²) in [5, 5.41) is 5.41. The van der Waals surface area contributed by atoms with E-state index >= 15 is 0 Å². The summed E-state index contributed by atoms with van der Waals surface area (Å²) < 4.78 is 0.991. The van der Waals surface area contributed by atoms with Crippen LogP contribution in [0.5, 0.6) is 0 Å². The molecule has 0 aliphatic heterocycles. The summed E-state index contributed by atoms with van der Waals surface area (Å²) in [6.07, 6.45) is 0. The quantitative estimate of drug-likeness (QED) is 0.899. The number of rotatable bonds is 4. The Morgan fingerprint density at radius 3 is 3.00 bits per heavy atom. The first-order chi connectivity index (χ1) is 9.10. The number of nitrogens with one attached hydrogen (secondary N) is 1. The molecule has 1 atom stereocenters. The minimum absolute atomic E-state index is 0.0759. The van der Waals surface area contributed by atoms with Gasteiger partial charge in [0, 0.05) is 16.4 Å². The van der Waals surface area contributed by atoms with Crippen molar-refractivity contribution in [3.05, 3.63) is 50.4 Å². The van der Waals surface area contributed by atoms with E-state index in [1.165, 1.54) is 11.3 Å². The van der Waals surface area contributed by atoms with E-state index in [0.717, 1.165) is 15.0 Å². The van der Waals surface area contributed by atoms with Crippen LogP contribution < -0.4 is 11.1 Å². The molecule has 19 heavy (non-hydrogen) atoms. The van der Waals surface area contributed by atoms with E-state index in [4.69, 9.17) is 5.73 Å². The average Bonchev–Trinajstić information content (AvgIpc) is 2.87. The van der Waals surface area contributed by atoms with Crippen molar-refractivity contribution >= 4 is 33.2 Å². The third-order valence-corrected chi connectivity index (χ3v) is 4.02. The standard InChI is InChI=1S/C13H14BrN3OS/c1-8(9-3-2-4-10(14)5-9)16-13(18)11-7-19-12(6-15)17-11/h2-5,7-8H,6,15H2,1H3,(H,16,18)/t8-/m0/s1. The van der Waals surface area contributed by atoms with Crippen LogP contribution in [-0.2, 0) is 6.54 Å². The highest BCUT2D eigenvalue weighted by atomic mass is 79.9. The van der Waals surface area contributed by atoms with Gasteiger partial charge in [0.05, 0.1) is 6.04 Å². The molecule has 1 aromatic heterocycles. The number of halogens is 1. The second-order valence-electron chi connectivity index (χ2n) is 4.08. The maximum atomic E-state index is 12.0. The smallest absolute Gasteiger partial charge is 0.271 e. The summed E-state index contributed by atoms with van der Waals surface area (Å²) in [7, 11) is 0. The number of nitrogens with zero attached hydrogens (tertiary/aromatic N) is 1. The Balaban J connectivity index is 2.06. The molecule has 0 saturated heterocycles. The van der Waals surface area contributed by atoms with E-state index < -0.39 is 0 Å². The molecule has 0 fully saturated rings. The minimum atomic E-state index is -0.177. The third kappa shape index (κ3) is 3.62. The van der Waals surface area contributed by atoms with Crippen LogP contribution in [0, 0.1) is 0 Å². The number of aromatic nitrogens is 1. The largest absolute Gasteiger partial charge is 0.344 e. The maximum absolute atomic E-state index is 12.0. The van der Waals surface area contributed by atoms with Crippen molar-refractivity contribution < 1.29 is 4.79 Å². The molecular formula is C13H14BrN3OS. The Labute approximate surface area is 124 Å². The van der Waals surface area contributed by atoms with Crippen LogP contribution in [-0.4, -0.2) is 10.9 Å². The predicted octanol–water partition coefficient (Wildman–Crippen LogP) is 2.86. The summed E-state index contributed by atoms with van der Waals surface area (Å²) in [5.41, 5.74) is 6.95. The third-order valence-electron chi connectivity index (χ3n) is 2.66. The van der Waals surface area contributed by atoms with Gasteiger partial charge < -0.3 is 11.1 Å². The van der Waals surface area contributed by atoms with Gasteiger partial charge in [0.2, 0.25) is 0 Å². The van der Waals surface area contributed by atoms with Crippen LogP contribution in [0.3, 0.4) is 0 Å². The zero-order valence-corrected chi connectivity index (χ0v) is 12.8. The predicted molar refractivity (Wildman–Crippen MR) is 80.0 cm³/mol. The Hall–Kier alpha value is -1.24. The molecule has 6 heteroatoms. The number of carbonyl (C=O) groups excluding carboxylic acids is 1. The molecule has 1 heterocycles. The lowest BCUT2D eigenvalue weighted by Gasteiger charge is -2.13. The number of amides is 1. The van der Waals surface area contributed by atoms with Gasteiger partial charge in [0.1, 0.15) is 10.7 Å². The minimum Gasteiger partial charge on any atom is -0.344 e. The summed E-state index contributed by atoms with van der Waals surface area (Å²) in [6, 6.07) is 7.77. The molecular weight excluding hydrogens is 326 g/mol. The zero-order chi connectivity index (χ0) is 13.8. The van der Waals surface area contributed by atoms with Crippen LogP contribution in [0.4, 0.5) is 0 Å². The van der Waals surface area contributed by atoms with Gasteiger partial charge >= 0.3 is 0 Å². The van der Waals surface area contributed by atoms with Crippen molar-refractivity contribution in [3.63, 3.8) is 0 Å². The van der Waals surface area contributed by atoms with Gasteiger partial charge in [-0.1, -0.05) is 28.1 Å². The van der Waals surface area contributed by atoms with Gasteiger partial charge in [-0.25, -0.2) is 4.98 Å². The molecule has 2 aromatic rings. The number of benzene rings is 1. The normalized spacial score (nSPS) is 12.2. The first kappa shape index (κ1) is 14.2. The monoisotopic (exact) mass is 339 g/mol. The lowest BCUT2D eigenvalue weighted by atomic mass is 10.1. The lowest BCUT2D eigenvalue weighted by molar-refractivity contribution is 0.0935. The number of hydrogen-bond acceptors (Lipinski definition) is 4. The topological polar surface area (TPSA) is 68.0 Å². The highest BCUT2D eigenvalue weighted by Crippen LogP contribution is 2.18. The van der Waals surface area contributed by atoms with Crippen LogP contribution in [0.2, 0.25) is 0 Å². The molecule has 2 rings (SSSR count). The van der Waals surface area contributed by atoms with Gasteiger partial charge in [-0.15, -0.1) is 11.3 Å². The van der Waals surface area contributed by atoms with E-state index in [1.54, 1.807) is 5.38 Å². The zero-order valence-electron chi connectivity index (χ0n) is 10.4. The van der Waals surface area contributed by atoms with Gasteiger partial charge in [0.25, 0.3) is 5.91 Å². The molecule has 0 saturated carbocycles. The van der Waals surface area contributed by atoms with E-state index in [0.29, 0.717) is 12.2 Å². The van der Waals surface area contributed by atoms with Crippen LogP contribution in [0.15, 0.2) is 34.1 Å². The van der Waals surface area contributed by atoms with E-state index in [1.807, 2.05) is 31.2 Å². The maximum Gasteiger partial charge on any atom is 0.271 e. The van der Waals surface area contributed by atoms with Crippen molar-refractivity contribution in [2.24, 2.45) is 5.73 Å². The van der Waals surface area contributed by atoms with Gasteiger partial charge in [-0.3, -0.25) is 4.79 Å². The summed E-state index contributed by atoms with van der Waals surface area (Å²) in [4.78, 5) is 16.2. The molecule has 3 N–H and O–H groups in total. The molecule has 0 spiro atoms. The van der Waals surface area contributed by atoms with Crippen molar-refractivity contribution in [2.75, 3.05) is 0 Å². The van der Waals surface area contributed by atoms with Crippen molar-refractivity contribution in [1.82, 2.24) is 10.3 Å². The summed E-state index contributed by atoms with van der Waals surface area (Å²) >= 11 is 4.82. The Bertz CT molecular complexity index is 585. The molecule has 0 aliphatic rings. The van der Waals surface area contributed by atoms with Crippen molar-refractivity contribution in [3.8, 4) is 0 Å². The number of hydrogen-bond donors (Lipinski definition) is 2. The first-order valence-corrected chi connectivity index (χ1v) is 7.48. The van der Waals surface area contributed by atoms with E-state index in [9.17, 15) is 4.79 Å². The van der Waals surface area contributed by atoms with Crippen molar-refractivity contribution in [2.45, 2.75) is 19.5 Å².